The van der Waals surface area contributed by atoms with Gasteiger partial charge in [0.25, 0.3) is 0 Å². The van der Waals surface area contributed by atoms with Gasteiger partial charge in [0.15, 0.2) is 0 Å². The number of hydrogen-bond donors (Lipinski definition) is 0. The van der Waals surface area contributed by atoms with E-state index in [4.69, 9.17) is 9.15 Å². The third kappa shape index (κ3) is 2.89. The number of nitrogens with zero attached hydrogens (tertiary/aromatic N) is 2. The van der Waals surface area contributed by atoms with Gasteiger partial charge < -0.3 is 9.15 Å². The van der Waals surface area contributed by atoms with E-state index in [-0.39, 0.29) is 5.82 Å². The number of benzene rings is 1. The molecule has 1 saturated heterocycles. The second-order valence-corrected chi connectivity index (χ2v) is 5.05. The molecule has 1 aromatic heterocycles. The SMILES string of the molecule is C[C@H]1COCCN1Cc1coc(-c2cccc(F)c2)n1. The molecule has 20 heavy (non-hydrogen) atoms. The van der Waals surface area contributed by atoms with Crippen molar-refractivity contribution < 1.29 is 13.5 Å². The fourth-order valence-corrected chi connectivity index (χ4v) is 2.34. The maximum Gasteiger partial charge on any atom is 0.226 e. The summed E-state index contributed by atoms with van der Waals surface area (Å²) in [7, 11) is 0. The average molecular weight is 276 g/mol. The summed E-state index contributed by atoms with van der Waals surface area (Å²) >= 11 is 0. The molecule has 0 radical (unpaired) electrons. The number of hydrogen-bond acceptors (Lipinski definition) is 4. The summed E-state index contributed by atoms with van der Waals surface area (Å²) in [4.78, 5) is 6.74. The lowest BCUT2D eigenvalue weighted by Crippen LogP contribution is -2.42. The Balaban J connectivity index is 1.73. The van der Waals surface area contributed by atoms with Crippen LogP contribution in [-0.2, 0) is 11.3 Å². The lowest BCUT2D eigenvalue weighted by atomic mass is 10.2. The smallest absolute Gasteiger partial charge is 0.226 e. The molecule has 0 bridgehead atoms. The molecule has 5 heteroatoms. The van der Waals surface area contributed by atoms with Crippen LogP contribution < -0.4 is 0 Å². The summed E-state index contributed by atoms with van der Waals surface area (Å²) in [5, 5.41) is 0. The monoisotopic (exact) mass is 276 g/mol. The maximum atomic E-state index is 13.2. The molecule has 1 fully saturated rings. The number of halogens is 1. The van der Waals surface area contributed by atoms with Crippen molar-refractivity contribution in [3.8, 4) is 11.5 Å². The van der Waals surface area contributed by atoms with E-state index in [0.29, 0.717) is 17.5 Å². The highest BCUT2D eigenvalue weighted by atomic mass is 19.1. The largest absolute Gasteiger partial charge is 0.444 e. The molecule has 1 aliphatic rings. The van der Waals surface area contributed by atoms with E-state index in [1.165, 1.54) is 12.1 Å². The van der Waals surface area contributed by atoms with Gasteiger partial charge in [-0.3, -0.25) is 4.90 Å². The molecule has 2 aromatic rings. The van der Waals surface area contributed by atoms with Crippen molar-refractivity contribution in [2.75, 3.05) is 19.8 Å². The number of ether oxygens (including phenoxy) is 1. The third-order valence-corrected chi connectivity index (χ3v) is 3.49. The molecule has 0 amide bonds. The van der Waals surface area contributed by atoms with Gasteiger partial charge in [-0.2, -0.15) is 0 Å². The van der Waals surface area contributed by atoms with E-state index >= 15 is 0 Å². The highest BCUT2D eigenvalue weighted by Gasteiger charge is 2.20. The van der Waals surface area contributed by atoms with E-state index < -0.39 is 0 Å². The van der Waals surface area contributed by atoms with Crippen LogP contribution in [0.2, 0.25) is 0 Å². The summed E-state index contributed by atoms with van der Waals surface area (Å²) in [6.07, 6.45) is 1.64. The Hall–Kier alpha value is -1.72. The first-order valence-electron chi connectivity index (χ1n) is 6.74. The minimum absolute atomic E-state index is 0.288. The molecular weight excluding hydrogens is 259 g/mol. The molecule has 1 atom stereocenters. The van der Waals surface area contributed by atoms with Gasteiger partial charge in [-0.05, 0) is 25.1 Å². The van der Waals surface area contributed by atoms with Crippen LogP contribution in [0.25, 0.3) is 11.5 Å². The van der Waals surface area contributed by atoms with E-state index in [9.17, 15) is 4.39 Å². The van der Waals surface area contributed by atoms with Gasteiger partial charge in [0.2, 0.25) is 5.89 Å². The fraction of sp³-hybridized carbons (Fsp3) is 0.400. The predicted octanol–water partition coefficient (Wildman–Crippen LogP) is 2.70. The number of oxazole rings is 1. The molecule has 3 rings (SSSR count). The van der Waals surface area contributed by atoms with Gasteiger partial charge in [-0.25, -0.2) is 9.37 Å². The van der Waals surface area contributed by atoms with Crippen molar-refractivity contribution >= 4 is 0 Å². The first kappa shape index (κ1) is 13.3. The topological polar surface area (TPSA) is 38.5 Å². The van der Waals surface area contributed by atoms with Gasteiger partial charge in [-0.15, -0.1) is 0 Å². The van der Waals surface area contributed by atoms with Gasteiger partial charge in [0, 0.05) is 24.7 Å². The predicted molar refractivity (Wildman–Crippen MR) is 72.6 cm³/mol. The minimum Gasteiger partial charge on any atom is -0.444 e. The number of rotatable bonds is 3. The average Bonchev–Trinajstić information content (AvgIpc) is 2.90. The third-order valence-electron chi connectivity index (χ3n) is 3.49. The molecule has 0 unspecified atom stereocenters. The quantitative estimate of drug-likeness (QED) is 0.864. The number of aromatic nitrogens is 1. The lowest BCUT2D eigenvalue weighted by molar-refractivity contribution is -0.00491. The standard InChI is InChI=1S/C15H17FN2O2/c1-11-9-19-6-5-18(11)8-14-10-20-15(17-14)12-3-2-4-13(16)7-12/h2-4,7,10-11H,5-6,8-9H2,1H3/t11-/m0/s1. The zero-order valence-corrected chi connectivity index (χ0v) is 11.4. The first-order chi connectivity index (χ1) is 9.72. The van der Waals surface area contributed by atoms with Crippen LogP contribution in [0.4, 0.5) is 4.39 Å². The summed E-state index contributed by atoms with van der Waals surface area (Å²) in [6.45, 7) is 5.24. The van der Waals surface area contributed by atoms with Crippen LogP contribution in [0.15, 0.2) is 34.9 Å². The Bertz CT molecular complexity index is 585. The Labute approximate surface area is 117 Å². The summed E-state index contributed by atoms with van der Waals surface area (Å²) in [6, 6.07) is 6.64. The molecule has 4 nitrogen and oxygen atoms in total. The van der Waals surface area contributed by atoms with Crippen LogP contribution >= 0.6 is 0 Å². The van der Waals surface area contributed by atoms with Crippen molar-refractivity contribution in [1.82, 2.24) is 9.88 Å². The molecular formula is C15H17FN2O2. The lowest BCUT2D eigenvalue weighted by Gasteiger charge is -2.32. The zero-order valence-electron chi connectivity index (χ0n) is 11.4. The highest BCUT2D eigenvalue weighted by Crippen LogP contribution is 2.20. The molecule has 1 aromatic carbocycles. The summed E-state index contributed by atoms with van der Waals surface area (Å²) in [5.74, 6) is 0.171. The van der Waals surface area contributed by atoms with Crippen molar-refractivity contribution in [2.24, 2.45) is 0 Å². The van der Waals surface area contributed by atoms with Crippen molar-refractivity contribution in [1.29, 1.82) is 0 Å². The molecule has 1 aliphatic heterocycles. The molecule has 0 aliphatic carbocycles. The second-order valence-electron chi connectivity index (χ2n) is 5.05. The van der Waals surface area contributed by atoms with Crippen LogP contribution in [0, 0.1) is 5.82 Å². The van der Waals surface area contributed by atoms with Crippen LogP contribution in [0.3, 0.4) is 0 Å². The normalized spacial score (nSPS) is 20.2. The zero-order chi connectivity index (χ0) is 13.9. The molecule has 0 spiro atoms. The Morgan fingerprint density at radius 3 is 3.15 bits per heavy atom. The van der Waals surface area contributed by atoms with Gasteiger partial charge in [0.1, 0.15) is 12.1 Å². The van der Waals surface area contributed by atoms with Gasteiger partial charge >= 0.3 is 0 Å². The van der Waals surface area contributed by atoms with Crippen molar-refractivity contribution in [3.63, 3.8) is 0 Å². The molecule has 2 heterocycles. The van der Waals surface area contributed by atoms with E-state index in [0.717, 1.165) is 32.0 Å². The van der Waals surface area contributed by atoms with E-state index in [2.05, 4.69) is 16.8 Å². The number of morpholine rings is 1. The second kappa shape index (κ2) is 5.73. The van der Waals surface area contributed by atoms with Crippen molar-refractivity contribution in [2.45, 2.75) is 19.5 Å². The van der Waals surface area contributed by atoms with Gasteiger partial charge in [0.05, 0.1) is 18.9 Å². The van der Waals surface area contributed by atoms with E-state index in [1.54, 1.807) is 18.4 Å². The maximum absolute atomic E-state index is 13.2. The molecule has 0 N–H and O–H groups in total. The van der Waals surface area contributed by atoms with Crippen LogP contribution in [-0.4, -0.2) is 35.7 Å². The Morgan fingerprint density at radius 2 is 2.35 bits per heavy atom. The highest BCUT2D eigenvalue weighted by molar-refractivity contribution is 5.52. The minimum atomic E-state index is -0.288. The van der Waals surface area contributed by atoms with Crippen LogP contribution in [0.5, 0.6) is 0 Å². The first-order valence-corrected chi connectivity index (χ1v) is 6.74. The Morgan fingerprint density at radius 1 is 1.45 bits per heavy atom. The summed E-state index contributed by atoms with van der Waals surface area (Å²) < 4.78 is 24.0. The van der Waals surface area contributed by atoms with Gasteiger partial charge in [-0.1, -0.05) is 6.07 Å². The summed E-state index contributed by atoms with van der Waals surface area (Å²) in [5.41, 5.74) is 1.52. The molecule has 0 saturated carbocycles. The molecule has 106 valence electrons. The van der Waals surface area contributed by atoms with Crippen LogP contribution in [0.1, 0.15) is 12.6 Å². The fourth-order valence-electron chi connectivity index (χ4n) is 2.34. The van der Waals surface area contributed by atoms with Crippen molar-refractivity contribution in [3.05, 3.63) is 42.0 Å². The Kier molecular flexibility index (Phi) is 3.80. The van der Waals surface area contributed by atoms with E-state index in [1.807, 2.05) is 0 Å².